The van der Waals surface area contributed by atoms with E-state index in [1.165, 1.54) is 0 Å². The summed E-state index contributed by atoms with van der Waals surface area (Å²) in [5, 5.41) is 5.09. The molecule has 0 aliphatic carbocycles. The van der Waals surface area contributed by atoms with Gasteiger partial charge in [-0.2, -0.15) is 5.10 Å². The zero-order valence-corrected chi connectivity index (χ0v) is 12.3. The lowest BCUT2D eigenvalue weighted by Crippen LogP contribution is -1.98. The van der Waals surface area contributed by atoms with Crippen molar-refractivity contribution in [1.82, 2.24) is 9.78 Å². The van der Waals surface area contributed by atoms with Gasteiger partial charge >= 0.3 is 0 Å². The van der Waals surface area contributed by atoms with Gasteiger partial charge in [0.05, 0.1) is 17.3 Å². The van der Waals surface area contributed by atoms with Crippen molar-refractivity contribution in [2.45, 2.75) is 19.2 Å². The minimum atomic E-state index is 0.381. The molecule has 0 spiro atoms. The van der Waals surface area contributed by atoms with Crippen LogP contribution in [-0.2, 0) is 12.3 Å². The molecule has 2 aromatic rings. The number of rotatable bonds is 3. The number of para-hydroxylation sites is 1. The maximum absolute atomic E-state index is 6.31. The largest absolute Gasteiger partial charge is 0.220 e. The lowest BCUT2D eigenvalue weighted by atomic mass is 10.2. The molecule has 1 aromatic heterocycles. The molecule has 0 bridgehead atoms. The second-order valence-corrected chi connectivity index (χ2v) is 5.05. The van der Waals surface area contributed by atoms with Gasteiger partial charge < -0.3 is 0 Å². The summed E-state index contributed by atoms with van der Waals surface area (Å²) in [5.41, 5.74) is 2.77. The maximum Gasteiger partial charge on any atom is 0.137 e. The molecule has 1 heterocycles. The van der Waals surface area contributed by atoms with Gasteiger partial charge in [-0.25, -0.2) is 4.68 Å². The van der Waals surface area contributed by atoms with Gasteiger partial charge in [0.2, 0.25) is 0 Å². The first-order valence-electron chi connectivity index (χ1n) is 5.26. The van der Waals surface area contributed by atoms with E-state index in [9.17, 15) is 0 Å². The molecule has 0 saturated heterocycles. The van der Waals surface area contributed by atoms with Crippen LogP contribution in [0, 0.1) is 0 Å². The van der Waals surface area contributed by atoms with Gasteiger partial charge in [0.25, 0.3) is 0 Å². The predicted octanol–water partition coefficient (Wildman–Crippen LogP) is 4.59. The molecule has 17 heavy (non-hydrogen) atoms. The third-order valence-corrected chi connectivity index (χ3v) is 3.88. The maximum atomic E-state index is 6.31. The van der Waals surface area contributed by atoms with Crippen LogP contribution in [-0.4, -0.2) is 9.78 Å². The van der Waals surface area contributed by atoms with Gasteiger partial charge in [-0.3, -0.25) is 0 Å². The first-order valence-corrected chi connectivity index (χ1v) is 6.96. The van der Waals surface area contributed by atoms with Crippen LogP contribution in [0.5, 0.6) is 0 Å². The van der Waals surface area contributed by atoms with Crippen LogP contribution in [0.25, 0.3) is 5.69 Å². The second-order valence-electron chi connectivity index (χ2n) is 3.57. The van der Waals surface area contributed by atoms with Crippen molar-refractivity contribution in [1.29, 1.82) is 0 Å². The molecule has 0 aliphatic heterocycles. The quantitative estimate of drug-likeness (QED) is 0.751. The fraction of sp³-hybridized carbons (Fsp3) is 0.250. The summed E-state index contributed by atoms with van der Waals surface area (Å²) >= 11 is 15.7. The number of nitrogens with zero attached hydrogens (tertiary/aromatic N) is 2. The Bertz CT molecular complexity index is 537. The van der Waals surface area contributed by atoms with E-state index in [1.54, 1.807) is 4.68 Å². The minimum Gasteiger partial charge on any atom is -0.220 e. The molecule has 0 atom stereocenters. The molecule has 5 heteroatoms. The fourth-order valence-electron chi connectivity index (χ4n) is 1.67. The van der Waals surface area contributed by atoms with Crippen LogP contribution in [0.1, 0.15) is 18.2 Å². The van der Waals surface area contributed by atoms with E-state index < -0.39 is 0 Å². The monoisotopic (exact) mass is 332 g/mol. The molecule has 0 amide bonds. The van der Waals surface area contributed by atoms with Crippen molar-refractivity contribution in [3.8, 4) is 5.69 Å². The number of alkyl halides is 1. The van der Waals surface area contributed by atoms with Gasteiger partial charge in [-0.1, -0.05) is 30.7 Å². The Kier molecular flexibility index (Phi) is 4.13. The molecule has 0 N–H and O–H groups in total. The SMILES string of the molecule is CCc1nn(-c2ccccc2Br)c(Cl)c1CCl. The third kappa shape index (κ3) is 2.37. The second kappa shape index (κ2) is 5.42. The summed E-state index contributed by atoms with van der Waals surface area (Å²) in [6.45, 7) is 2.04. The Morgan fingerprint density at radius 2 is 2.06 bits per heavy atom. The van der Waals surface area contributed by atoms with Gasteiger partial charge in [0.15, 0.2) is 0 Å². The standard InChI is InChI=1S/C12H11BrCl2N2/c1-2-10-8(7-14)12(15)17(16-10)11-6-4-3-5-9(11)13/h3-6H,2,7H2,1H3. The minimum absolute atomic E-state index is 0.381. The normalized spacial score (nSPS) is 10.8. The van der Waals surface area contributed by atoms with Crippen molar-refractivity contribution < 1.29 is 0 Å². The van der Waals surface area contributed by atoms with E-state index in [-0.39, 0.29) is 0 Å². The summed E-state index contributed by atoms with van der Waals surface area (Å²) in [7, 11) is 0. The van der Waals surface area contributed by atoms with E-state index in [0.717, 1.165) is 27.8 Å². The van der Waals surface area contributed by atoms with Gasteiger partial charge in [-0.05, 0) is 34.5 Å². The van der Waals surface area contributed by atoms with Crippen molar-refractivity contribution in [3.63, 3.8) is 0 Å². The van der Waals surface area contributed by atoms with Gasteiger partial charge in [0.1, 0.15) is 5.15 Å². The van der Waals surface area contributed by atoms with Crippen molar-refractivity contribution >= 4 is 39.1 Å². The molecule has 0 saturated carbocycles. The fourth-order valence-corrected chi connectivity index (χ4v) is 2.78. The van der Waals surface area contributed by atoms with E-state index >= 15 is 0 Å². The van der Waals surface area contributed by atoms with E-state index in [4.69, 9.17) is 23.2 Å². The molecule has 2 rings (SSSR count). The van der Waals surface area contributed by atoms with Crippen molar-refractivity contribution in [3.05, 3.63) is 45.1 Å². The Hall–Kier alpha value is -0.510. The van der Waals surface area contributed by atoms with E-state index in [2.05, 4.69) is 21.0 Å². The van der Waals surface area contributed by atoms with E-state index in [1.807, 2.05) is 31.2 Å². The zero-order chi connectivity index (χ0) is 12.4. The molecule has 0 fully saturated rings. The first-order chi connectivity index (χ1) is 8.19. The van der Waals surface area contributed by atoms with Crippen molar-refractivity contribution in [2.24, 2.45) is 0 Å². The van der Waals surface area contributed by atoms with Crippen LogP contribution in [0.3, 0.4) is 0 Å². The summed E-state index contributed by atoms with van der Waals surface area (Å²) in [6.07, 6.45) is 0.819. The van der Waals surface area contributed by atoms with Crippen LogP contribution >= 0.6 is 39.1 Å². The van der Waals surface area contributed by atoms with Crippen LogP contribution in [0.2, 0.25) is 5.15 Å². The summed E-state index contributed by atoms with van der Waals surface area (Å²) in [4.78, 5) is 0. The highest BCUT2D eigenvalue weighted by Crippen LogP contribution is 2.29. The number of hydrogen-bond acceptors (Lipinski definition) is 1. The number of aromatic nitrogens is 2. The van der Waals surface area contributed by atoms with Crippen LogP contribution in [0.15, 0.2) is 28.7 Å². The average molecular weight is 334 g/mol. The Balaban J connectivity index is 2.61. The Morgan fingerprint density at radius 3 is 2.59 bits per heavy atom. The molecule has 1 aromatic carbocycles. The number of halogens is 3. The number of benzene rings is 1. The average Bonchev–Trinajstić information content (AvgIpc) is 2.66. The predicted molar refractivity (Wildman–Crippen MR) is 75.2 cm³/mol. The highest BCUT2D eigenvalue weighted by atomic mass is 79.9. The zero-order valence-electron chi connectivity index (χ0n) is 9.25. The highest BCUT2D eigenvalue weighted by molar-refractivity contribution is 9.10. The van der Waals surface area contributed by atoms with Crippen molar-refractivity contribution in [2.75, 3.05) is 0 Å². The van der Waals surface area contributed by atoms with Crippen LogP contribution in [0.4, 0.5) is 0 Å². The summed E-state index contributed by atoms with van der Waals surface area (Å²) in [5.74, 6) is 0.381. The highest BCUT2D eigenvalue weighted by Gasteiger charge is 2.16. The Morgan fingerprint density at radius 1 is 1.35 bits per heavy atom. The van der Waals surface area contributed by atoms with E-state index in [0.29, 0.717) is 11.0 Å². The van der Waals surface area contributed by atoms with Gasteiger partial charge in [0, 0.05) is 10.0 Å². The molecule has 0 aliphatic rings. The first kappa shape index (κ1) is 12.9. The molecular formula is C12H11BrCl2N2. The number of hydrogen-bond donors (Lipinski definition) is 0. The smallest absolute Gasteiger partial charge is 0.137 e. The molecule has 2 nitrogen and oxygen atoms in total. The summed E-state index contributed by atoms with van der Waals surface area (Å²) in [6, 6.07) is 7.82. The lowest BCUT2D eigenvalue weighted by molar-refractivity contribution is 0.838. The topological polar surface area (TPSA) is 17.8 Å². The third-order valence-electron chi connectivity index (χ3n) is 2.55. The molecule has 90 valence electrons. The van der Waals surface area contributed by atoms with Crippen LogP contribution < -0.4 is 0 Å². The molecule has 0 radical (unpaired) electrons. The summed E-state index contributed by atoms with van der Waals surface area (Å²) < 4.78 is 2.68. The van der Waals surface area contributed by atoms with Gasteiger partial charge in [-0.15, -0.1) is 11.6 Å². The lowest BCUT2D eigenvalue weighted by Gasteiger charge is -2.05. The molecule has 0 unspecified atom stereocenters. The Labute approximate surface area is 119 Å². The number of aryl methyl sites for hydroxylation is 1. The molecular weight excluding hydrogens is 323 g/mol.